The molecule has 17 heavy (non-hydrogen) atoms. The maximum absolute atomic E-state index is 12.0. The summed E-state index contributed by atoms with van der Waals surface area (Å²) in [5, 5.41) is 3.87. The minimum atomic E-state index is -3.15. The van der Waals surface area contributed by atoms with E-state index in [4.69, 9.17) is 23.2 Å². The van der Waals surface area contributed by atoms with E-state index in [9.17, 15) is 8.42 Å². The van der Waals surface area contributed by atoms with Gasteiger partial charge in [-0.25, -0.2) is 8.42 Å². The highest BCUT2D eigenvalue weighted by molar-refractivity contribution is 7.90. The van der Waals surface area contributed by atoms with Gasteiger partial charge in [-0.3, -0.25) is 0 Å². The quantitative estimate of drug-likeness (QED) is 0.925. The first kappa shape index (κ1) is 13.1. The van der Waals surface area contributed by atoms with Crippen LogP contribution in [0.1, 0.15) is 5.56 Å². The van der Waals surface area contributed by atoms with Crippen LogP contribution in [0.3, 0.4) is 0 Å². The predicted molar refractivity (Wildman–Crippen MR) is 70.3 cm³/mol. The van der Waals surface area contributed by atoms with Crippen LogP contribution in [0.15, 0.2) is 18.2 Å². The van der Waals surface area contributed by atoms with Crippen molar-refractivity contribution in [3.8, 4) is 0 Å². The molecule has 0 aromatic heterocycles. The van der Waals surface area contributed by atoms with E-state index in [0.29, 0.717) is 15.6 Å². The lowest BCUT2D eigenvalue weighted by Gasteiger charge is -2.26. The van der Waals surface area contributed by atoms with Crippen molar-refractivity contribution in [3.63, 3.8) is 0 Å². The molecule has 0 saturated carbocycles. The van der Waals surface area contributed by atoms with Gasteiger partial charge in [0, 0.05) is 28.7 Å². The molecule has 6 heteroatoms. The maximum atomic E-state index is 12.0. The largest absolute Gasteiger partial charge is 0.316 e. The minimum Gasteiger partial charge on any atom is -0.316 e. The molecule has 0 unspecified atom stereocenters. The Morgan fingerprint density at radius 3 is 2.29 bits per heavy atom. The van der Waals surface area contributed by atoms with Crippen LogP contribution in [0.5, 0.6) is 0 Å². The Kier molecular flexibility index (Phi) is 3.98. The summed E-state index contributed by atoms with van der Waals surface area (Å²) < 4.78 is 23.9. The zero-order valence-electron chi connectivity index (χ0n) is 9.12. The molecule has 2 rings (SSSR count). The van der Waals surface area contributed by atoms with Crippen molar-refractivity contribution in [2.45, 2.75) is 5.75 Å². The first-order valence-corrected chi connectivity index (χ1v) is 7.90. The second kappa shape index (κ2) is 5.14. The third kappa shape index (κ3) is 3.35. The van der Waals surface area contributed by atoms with Gasteiger partial charge in [0.25, 0.3) is 0 Å². The Bertz CT molecular complexity index is 492. The fourth-order valence-corrected chi connectivity index (χ4v) is 4.29. The van der Waals surface area contributed by atoms with Crippen molar-refractivity contribution < 1.29 is 8.42 Å². The fraction of sp³-hybridized carbons (Fsp3) is 0.455. The number of halogens is 2. The van der Waals surface area contributed by atoms with Crippen molar-refractivity contribution in [1.82, 2.24) is 5.32 Å². The Morgan fingerprint density at radius 1 is 1.24 bits per heavy atom. The van der Waals surface area contributed by atoms with Gasteiger partial charge >= 0.3 is 0 Å². The van der Waals surface area contributed by atoms with E-state index in [2.05, 4.69) is 5.32 Å². The molecule has 1 aromatic rings. The summed E-state index contributed by atoms with van der Waals surface area (Å²) in [5.74, 6) is 0.338. The molecule has 0 aliphatic carbocycles. The van der Waals surface area contributed by atoms with Gasteiger partial charge in [0.15, 0.2) is 9.84 Å². The van der Waals surface area contributed by atoms with Gasteiger partial charge in [-0.15, -0.1) is 0 Å². The number of nitrogens with one attached hydrogen (secondary N) is 1. The van der Waals surface area contributed by atoms with Crippen LogP contribution in [-0.2, 0) is 15.6 Å². The van der Waals surface area contributed by atoms with E-state index in [-0.39, 0.29) is 17.4 Å². The van der Waals surface area contributed by atoms with Crippen LogP contribution in [-0.4, -0.2) is 27.3 Å². The summed E-state index contributed by atoms with van der Waals surface area (Å²) in [6.45, 7) is 1.55. The molecule has 3 nitrogen and oxygen atoms in total. The fourth-order valence-electron chi connectivity index (χ4n) is 1.77. The van der Waals surface area contributed by atoms with Gasteiger partial charge < -0.3 is 5.32 Å². The number of hydrogen-bond acceptors (Lipinski definition) is 3. The van der Waals surface area contributed by atoms with Crippen molar-refractivity contribution >= 4 is 33.0 Å². The van der Waals surface area contributed by atoms with Crippen LogP contribution in [0.4, 0.5) is 0 Å². The van der Waals surface area contributed by atoms with Gasteiger partial charge in [0.2, 0.25) is 0 Å². The predicted octanol–water partition coefficient (Wildman–Crippen LogP) is 2.13. The molecule has 0 amide bonds. The molecule has 0 spiro atoms. The standard InChI is InChI=1S/C11H13Cl2NO2S/c12-10-2-1-3-11(13)9(10)7-17(15,16)6-8-4-14-5-8/h1-3,8,14H,4-7H2. The Morgan fingerprint density at radius 2 is 1.82 bits per heavy atom. The lowest BCUT2D eigenvalue weighted by atomic mass is 10.1. The van der Waals surface area contributed by atoms with E-state index in [1.807, 2.05) is 0 Å². The highest BCUT2D eigenvalue weighted by Gasteiger charge is 2.25. The van der Waals surface area contributed by atoms with Crippen molar-refractivity contribution in [3.05, 3.63) is 33.8 Å². The second-order valence-corrected chi connectivity index (χ2v) is 7.20. The lowest BCUT2D eigenvalue weighted by molar-refractivity contribution is 0.378. The summed E-state index contributed by atoms with van der Waals surface area (Å²) in [7, 11) is -3.15. The molecule has 1 N–H and O–H groups in total. The number of benzene rings is 1. The average Bonchev–Trinajstić information content (AvgIpc) is 2.18. The number of rotatable bonds is 4. The lowest BCUT2D eigenvalue weighted by Crippen LogP contribution is -2.45. The van der Waals surface area contributed by atoms with Crippen LogP contribution in [0.25, 0.3) is 0 Å². The smallest absolute Gasteiger partial charge is 0.154 e. The maximum Gasteiger partial charge on any atom is 0.154 e. The van der Waals surface area contributed by atoms with E-state index >= 15 is 0 Å². The third-order valence-corrected chi connectivity index (χ3v) is 5.20. The summed E-state index contributed by atoms with van der Waals surface area (Å²) in [6, 6.07) is 5.02. The van der Waals surface area contributed by atoms with Crippen LogP contribution >= 0.6 is 23.2 Å². The zero-order valence-corrected chi connectivity index (χ0v) is 11.4. The van der Waals surface area contributed by atoms with Crippen LogP contribution in [0, 0.1) is 5.92 Å². The molecule has 0 atom stereocenters. The molecule has 0 radical (unpaired) electrons. The molecular weight excluding hydrogens is 281 g/mol. The van der Waals surface area contributed by atoms with E-state index < -0.39 is 9.84 Å². The summed E-state index contributed by atoms with van der Waals surface area (Å²) in [5.41, 5.74) is 0.503. The van der Waals surface area contributed by atoms with Crippen molar-refractivity contribution in [1.29, 1.82) is 0 Å². The van der Waals surface area contributed by atoms with E-state index in [1.165, 1.54) is 0 Å². The monoisotopic (exact) mass is 293 g/mol. The first-order valence-electron chi connectivity index (χ1n) is 5.32. The van der Waals surface area contributed by atoms with Gasteiger partial charge in [0.1, 0.15) is 0 Å². The van der Waals surface area contributed by atoms with Gasteiger partial charge in [-0.05, 0) is 18.1 Å². The van der Waals surface area contributed by atoms with E-state index in [1.54, 1.807) is 18.2 Å². The minimum absolute atomic E-state index is 0.0813. The molecule has 1 saturated heterocycles. The molecule has 94 valence electrons. The zero-order chi connectivity index (χ0) is 12.5. The van der Waals surface area contributed by atoms with Crippen LogP contribution in [0.2, 0.25) is 10.0 Å². The van der Waals surface area contributed by atoms with Gasteiger partial charge in [0.05, 0.1) is 11.5 Å². The summed E-state index contributed by atoms with van der Waals surface area (Å²) in [6.07, 6.45) is 0. The summed E-state index contributed by atoms with van der Waals surface area (Å²) in [4.78, 5) is 0. The summed E-state index contributed by atoms with van der Waals surface area (Å²) >= 11 is 11.9. The highest BCUT2D eigenvalue weighted by atomic mass is 35.5. The molecule has 1 aromatic carbocycles. The molecule has 1 fully saturated rings. The Labute approximate surface area is 111 Å². The Balaban J connectivity index is 2.13. The molecule has 1 aliphatic rings. The molecule has 0 bridgehead atoms. The van der Waals surface area contributed by atoms with Crippen LogP contribution < -0.4 is 5.32 Å². The molecule has 1 aliphatic heterocycles. The Hall–Kier alpha value is -0.290. The van der Waals surface area contributed by atoms with Crippen molar-refractivity contribution in [2.24, 2.45) is 5.92 Å². The topological polar surface area (TPSA) is 46.2 Å². The second-order valence-electron chi connectivity index (χ2n) is 4.28. The highest BCUT2D eigenvalue weighted by Crippen LogP contribution is 2.27. The van der Waals surface area contributed by atoms with Gasteiger partial charge in [-0.1, -0.05) is 29.3 Å². The normalized spacial score (nSPS) is 16.8. The first-order chi connectivity index (χ1) is 7.98. The van der Waals surface area contributed by atoms with E-state index in [0.717, 1.165) is 13.1 Å². The third-order valence-electron chi connectivity index (χ3n) is 2.78. The molecular formula is C11H13Cl2NO2S. The van der Waals surface area contributed by atoms with Crippen molar-refractivity contribution in [2.75, 3.05) is 18.8 Å². The van der Waals surface area contributed by atoms with Gasteiger partial charge in [-0.2, -0.15) is 0 Å². The molecule has 1 heterocycles. The SMILES string of the molecule is O=S(=O)(Cc1c(Cl)cccc1Cl)CC1CNC1. The number of hydrogen-bond donors (Lipinski definition) is 1. The average molecular weight is 294 g/mol. The number of sulfone groups is 1.